The summed E-state index contributed by atoms with van der Waals surface area (Å²) >= 11 is 3.18. The number of hydrogen-bond acceptors (Lipinski definition) is 8. The third kappa shape index (κ3) is 5.29. The molecule has 1 fully saturated rings. The van der Waals surface area contributed by atoms with Crippen LogP contribution in [0.3, 0.4) is 0 Å². The van der Waals surface area contributed by atoms with Crippen molar-refractivity contribution >= 4 is 49.3 Å². The fraction of sp³-hybridized carbons (Fsp3) is 0.208. The summed E-state index contributed by atoms with van der Waals surface area (Å²) < 4.78 is 41.7. The maximum absolute atomic E-state index is 14.7. The summed E-state index contributed by atoms with van der Waals surface area (Å²) in [7, 11) is -2.25. The number of halogens is 2. The molecule has 0 atom stereocenters. The van der Waals surface area contributed by atoms with Crippen molar-refractivity contribution in [1.29, 1.82) is 0 Å². The molecule has 1 saturated carbocycles. The van der Waals surface area contributed by atoms with E-state index in [2.05, 4.69) is 21.2 Å². The third-order valence-corrected chi connectivity index (χ3v) is 7.32. The summed E-state index contributed by atoms with van der Waals surface area (Å²) in [5, 5.41) is 3.79. The summed E-state index contributed by atoms with van der Waals surface area (Å²) in [4.78, 5) is 38.9. The molecule has 0 amide bonds. The number of benzene rings is 2. The third-order valence-electron chi connectivity index (χ3n) is 5.72. The smallest absolute Gasteiger partial charge is 0.337 e. The number of rotatable bonds is 8. The molecule has 0 aliphatic heterocycles. The van der Waals surface area contributed by atoms with Crippen LogP contribution in [0.15, 0.2) is 67.5 Å². The lowest BCUT2D eigenvalue weighted by molar-refractivity contribution is -0.104. The molecule has 3 aromatic rings. The lowest BCUT2D eigenvalue weighted by Crippen LogP contribution is -2.45. The summed E-state index contributed by atoms with van der Waals surface area (Å²) in [6, 6.07) is 9.43. The number of hydrogen-bond donors (Lipinski definition) is 2. The number of anilines is 2. The van der Waals surface area contributed by atoms with Crippen molar-refractivity contribution in [2.24, 2.45) is 5.84 Å². The van der Waals surface area contributed by atoms with E-state index < -0.39 is 26.9 Å². The molecular weight excluding hydrogens is 569 g/mol. The van der Waals surface area contributed by atoms with Gasteiger partial charge in [-0.3, -0.25) is 19.2 Å². The van der Waals surface area contributed by atoms with Gasteiger partial charge in [-0.25, -0.2) is 28.0 Å². The molecule has 1 aromatic heterocycles. The van der Waals surface area contributed by atoms with E-state index in [1.165, 1.54) is 43.4 Å². The number of aldehydes is 1. The monoisotopic (exact) mass is 591 g/mol. The molecule has 1 aliphatic carbocycles. The van der Waals surface area contributed by atoms with Gasteiger partial charge in [-0.2, -0.15) is 0 Å². The first-order valence-corrected chi connectivity index (χ1v) is 13.7. The van der Waals surface area contributed by atoms with Crippen molar-refractivity contribution in [1.82, 2.24) is 9.13 Å². The minimum Gasteiger partial charge on any atom is -0.352 e. The lowest BCUT2D eigenvalue weighted by Gasteiger charge is -2.25. The highest BCUT2D eigenvalue weighted by Crippen LogP contribution is 2.34. The van der Waals surface area contributed by atoms with E-state index in [0.29, 0.717) is 23.6 Å². The average Bonchev–Trinajstić information content (AvgIpc) is 3.65. The molecular formula is C24H23BrFN5O5S. The molecule has 4 rings (SSSR count). The zero-order valence-electron chi connectivity index (χ0n) is 19.8. The Kier molecular flexibility index (Phi) is 7.22. The van der Waals surface area contributed by atoms with Crippen LogP contribution in [0.4, 0.5) is 15.9 Å². The minimum absolute atomic E-state index is 0.0314. The van der Waals surface area contributed by atoms with Gasteiger partial charge in [0.1, 0.15) is 23.5 Å². The van der Waals surface area contributed by atoms with Crippen LogP contribution in [0.25, 0.3) is 11.4 Å². The van der Waals surface area contributed by atoms with E-state index in [4.69, 9.17) is 5.84 Å². The predicted molar refractivity (Wildman–Crippen MR) is 142 cm³/mol. The zero-order chi connectivity index (χ0) is 27.1. The van der Waals surface area contributed by atoms with Gasteiger partial charge < -0.3 is 5.32 Å². The van der Waals surface area contributed by atoms with E-state index in [-0.39, 0.29) is 39.4 Å². The van der Waals surface area contributed by atoms with E-state index in [9.17, 15) is 27.2 Å². The second-order valence-corrected chi connectivity index (χ2v) is 11.5. The minimum atomic E-state index is -3.63. The van der Waals surface area contributed by atoms with Crippen LogP contribution in [0.2, 0.25) is 0 Å². The Bertz CT molecular complexity index is 1660. The van der Waals surface area contributed by atoms with Gasteiger partial charge in [0.2, 0.25) is 0 Å². The van der Waals surface area contributed by atoms with Crippen molar-refractivity contribution in [3.05, 3.63) is 85.2 Å². The molecule has 1 heterocycles. The highest BCUT2D eigenvalue weighted by molar-refractivity contribution is 9.10. The summed E-state index contributed by atoms with van der Waals surface area (Å²) in [5.41, 5.74) is -1.62. The highest BCUT2D eigenvalue weighted by atomic mass is 79.9. The van der Waals surface area contributed by atoms with Gasteiger partial charge in [0.05, 0.1) is 22.0 Å². The maximum Gasteiger partial charge on any atom is 0.337 e. The number of nitrogens with zero attached hydrogens (tertiary/aromatic N) is 3. The first-order chi connectivity index (χ1) is 17.4. The number of hydrazine groups is 1. The molecule has 0 bridgehead atoms. The van der Waals surface area contributed by atoms with Crippen molar-refractivity contribution in [2.75, 3.05) is 23.6 Å². The first kappa shape index (κ1) is 26.5. The molecule has 0 saturated heterocycles. The molecule has 13 heteroatoms. The fourth-order valence-corrected chi connectivity index (χ4v) is 4.91. The fourth-order valence-electron chi connectivity index (χ4n) is 3.92. The quantitative estimate of drug-likeness (QED) is 0.176. The number of aromatic nitrogens is 2. The van der Waals surface area contributed by atoms with Crippen LogP contribution in [-0.2, 0) is 14.6 Å². The van der Waals surface area contributed by atoms with Gasteiger partial charge in [0.25, 0.3) is 5.56 Å². The maximum atomic E-state index is 14.7. The highest BCUT2D eigenvalue weighted by Gasteiger charge is 2.33. The Hall–Kier alpha value is -3.55. The van der Waals surface area contributed by atoms with Gasteiger partial charge in [0.15, 0.2) is 9.84 Å². The van der Waals surface area contributed by atoms with Crippen molar-refractivity contribution in [2.45, 2.75) is 23.8 Å². The second kappa shape index (κ2) is 10.1. The SMILES string of the molecule is CN(N)c1c(/C(=C\C=O)Nc2ccc(Br)cc2F)c(=O)n(C2CC2)c(=O)n1-c1cccc(S(C)(=O)=O)c1. The van der Waals surface area contributed by atoms with Crippen LogP contribution >= 0.6 is 15.9 Å². The van der Waals surface area contributed by atoms with Crippen LogP contribution in [-0.4, -0.2) is 37.1 Å². The zero-order valence-corrected chi connectivity index (χ0v) is 22.2. The number of carbonyl (C=O) groups excluding carboxylic acids is 1. The van der Waals surface area contributed by atoms with E-state index >= 15 is 0 Å². The number of nitrogens with two attached hydrogens (primary N) is 1. The van der Waals surface area contributed by atoms with Gasteiger partial charge in [-0.15, -0.1) is 0 Å². The van der Waals surface area contributed by atoms with Gasteiger partial charge in [-0.1, -0.05) is 22.0 Å². The number of carbonyl (C=O) groups is 1. The van der Waals surface area contributed by atoms with E-state index in [1.54, 1.807) is 6.07 Å². The first-order valence-electron chi connectivity index (χ1n) is 11.0. The number of sulfone groups is 1. The van der Waals surface area contributed by atoms with Gasteiger partial charge in [0, 0.05) is 29.9 Å². The standard InChI is InChI=1S/C24H23BrFN5O5S/c1-29(27)22-21(20(10-11-32)28-19-9-6-14(25)12-18(19)26)23(33)31(15-7-8-15)24(34)30(22)16-4-3-5-17(13-16)37(2,35)36/h3-6,9-13,15,28H,7-8,27H2,1-2H3/b20-10+. The molecule has 3 N–H and O–H groups in total. The number of allylic oxidation sites excluding steroid dienone is 1. The summed E-state index contributed by atoms with van der Waals surface area (Å²) in [6.07, 6.45) is 3.64. The molecule has 194 valence electrons. The molecule has 2 aromatic carbocycles. The van der Waals surface area contributed by atoms with E-state index in [1.807, 2.05) is 0 Å². The van der Waals surface area contributed by atoms with Crippen molar-refractivity contribution in [3.63, 3.8) is 0 Å². The van der Waals surface area contributed by atoms with Gasteiger partial charge in [-0.05, 0) is 49.2 Å². The molecule has 1 aliphatic rings. The molecule has 10 nitrogen and oxygen atoms in total. The Morgan fingerprint density at radius 1 is 1.22 bits per heavy atom. The van der Waals surface area contributed by atoms with Crippen LogP contribution < -0.4 is 27.4 Å². The van der Waals surface area contributed by atoms with Crippen LogP contribution in [0.5, 0.6) is 0 Å². The average molecular weight is 592 g/mol. The van der Waals surface area contributed by atoms with Crippen LogP contribution in [0.1, 0.15) is 24.4 Å². The predicted octanol–water partition coefficient (Wildman–Crippen LogP) is 2.60. The Balaban J connectivity index is 2.08. The summed E-state index contributed by atoms with van der Waals surface area (Å²) in [5.74, 6) is 5.33. The van der Waals surface area contributed by atoms with Gasteiger partial charge >= 0.3 is 5.69 Å². The van der Waals surface area contributed by atoms with Crippen molar-refractivity contribution < 1.29 is 17.6 Å². The molecule has 37 heavy (non-hydrogen) atoms. The normalized spacial score (nSPS) is 13.9. The number of nitrogens with one attached hydrogen (secondary N) is 1. The Labute approximate surface area is 219 Å². The Morgan fingerprint density at radius 2 is 1.92 bits per heavy atom. The molecule has 0 spiro atoms. The Morgan fingerprint density at radius 3 is 2.49 bits per heavy atom. The lowest BCUT2D eigenvalue weighted by atomic mass is 10.1. The topological polar surface area (TPSA) is 136 Å². The van der Waals surface area contributed by atoms with Crippen molar-refractivity contribution in [3.8, 4) is 5.69 Å². The molecule has 0 radical (unpaired) electrons. The van der Waals surface area contributed by atoms with E-state index in [0.717, 1.165) is 26.5 Å². The second-order valence-electron chi connectivity index (χ2n) is 8.57. The van der Waals surface area contributed by atoms with Crippen LogP contribution in [0, 0.1) is 5.82 Å². The summed E-state index contributed by atoms with van der Waals surface area (Å²) in [6.45, 7) is 0. The largest absolute Gasteiger partial charge is 0.352 e. The molecule has 0 unspecified atom stereocenters.